The van der Waals surface area contributed by atoms with E-state index in [1.807, 2.05) is 54.6 Å². The van der Waals surface area contributed by atoms with Crippen LogP contribution in [0.15, 0.2) is 54.6 Å². The van der Waals surface area contributed by atoms with Crippen molar-refractivity contribution in [3.63, 3.8) is 0 Å². The van der Waals surface area contributed by atoms with E-state index in [1.165, 1.54) is 0 Å². The van der Waals surface area contributed by atoms with E-state index in [1.54, 1.807) is 4.90 Å². The normalized spacial score (nSPS) is 18.1. The van der Waals surface area contributed by atoms with Crippen molar-refractivity contribution in [3.8, 4) is 11.1 Å². The van der Waals surface area contributed by atoms with Gasteiger partial charge in [-0.25, -0.2) is 8.42 Å². The maximum atomic E-state index is 13.3. The number of benzene rings is 2. The molecule has 1 aliphatic rings. The Morgan fingerprint density at radius 2 is 1.55 bits per heavy atom. The van der Waals surface area contributed by atoms with Crippen LogP contribution < -0.4 is 0 Å². The molecule has 6 heteroatoms. The molecule has 5 nitrogen and oxygen atoms in total. The molecule has 1 heterocycles. The first kappa shape index (κ1) is 21.5. The predicted molar refractivity (Wildman–Crippen MR) is 118 cm³/mol. The molecule has 0 aliphatic carbocycles. The number of hydrogen-bond acceptors (Lipinski definition) is 4. The lowest BCUT2D eigenvalue weighted by molar-refractivity contribution is 0.0674. The molecule has 3 rings (SSSR count). The van der Waals surface area contributed by atoms with Crippen molar-refractivity contribution in [1.29, 1.82) is 0 Å². The number of carbonyl (C=O) groups excluding carboxylic acids is 1. The zero-order valence-corrected chi connectivity index (χ0v) is 18.1. The van der Waals surface area contributed by atoms with Crippen LogP contribution in [0.5, 0.6) is 0 Å². The molecule has 1 atom stereocenters. The summed E-state index contributed by atoms with van der Waals surface area (Å²) in [5.74, 6) is 0.150. The second kappa shape index (κ2) is 9.55. The summed E-state index contributed by atoms with van der Waals surface area (Å²) in [6.07, 6.45) is 0.522. The monoisotopic (exact) mass is 414 g/mol. The first-order valence-corrected chi connectivity index (χ1v) is 12.1. The summed E-state index contributed by atoms with van der Waals surface area (Å²) in [6, 6.07) is 17.4. The van der Waals surface area contributed by atoms with Crippen LogP contribution in [0, 0.1) is 0 Å². The van der Waals surface area contributed by atoms with Crippen LogP contribution in [0.4, 0.5) is 0 Å². The molecule has 0 radical (unpaired) electrons. The summed E-state index contributed by atoms with van der Waals surface area (Å²) in [7, 11) is -3.06. The Labute approximate surface area is 174 Å². The molecule has 1 saturated heterocycles. The molecule has 1 unspecified atom stereocenters. The molecule has 1 aliphatic heterocycles. The maximum absolute atomic E-state index is 13.3. The Balaban J connectivity index is 1.79. The first-order chi connectivity index (χ1) is 13.9. The molecule has 156 valence electrons. The van der Waals surface area contributed by atoms with Gasteiger partial charge >= 0.3 is 0 Å². The first-order valence-electron chi connectivity index (χ1n) is 10.3. The lowest BCUT2D eigenvalue weighted by atomic mass is 10.0. The molecule has 2 aromatic rings. The van der Waals surface area contributed by atoms with E-state index < -0.39 is 9.84 Å². The average molecular weight is 415 g/mol. The molecule has 2 aromatic carbocycles. The number of rotatable bonds is 8. The molecule has 0 N–H and O–H groups in total. The van der Waals surface area contributed by atoms with Crippen molar-refractivity contribution < 1.29 is 13.2 Å². The molecular formula is C23H30N2O3S. The SMILES string of the molecule is CCN(CC)CCN(C(=O)c1ccc(-c2ccccc2)cc1)C1CCS(=O)(=O)C1. The van der Waals surface area contributed by atoms with E-state index >= 15 is 0 Å². The fourth-order valence-corrected chi connectivity index (χ4v) is 5.59. The third-order valence-electron chi connectivity index (χ3n) is 5.70. The summed E-state index contributed by atoms with van der Waals surface area (Å²) in [5.41, 5.74) is 2.76. The zero-order valence-electron chi connectivity index (χ0n) is 17.3. The zero-order chi connectivity index (χ0) is 20.9. The van der Waals surface area contributed by atoms with Crippen LogP contribution in [0.2, 0.25) is 0 Å². The van der Waals surface area contributed by atoms with Gasteiger partial charge in [-0.15, -0.1) is 0 Å². The summed E-state index contributed by atoms with van der Waals surface area (Å²) in [5, 5.41) is 0. The number of carbonyl (C=O) groups is 1. The predicted octanol–water partition coefficient (Wildman–Crippen LogP) is 3.32. The minimum Gasteiger partial charge on any atom is -0.333 e. The van der Waals surface area contributed by atoms with Gasteiger partial charge in [0, 0.05) is 24.7 Å². The molecule has 29 heavy (non-hydrogen) atoms. The summed E-state index contributed by atoms with van der Waals surface area (Å²) in [6.45, 7) is 7.30. The van der Waals surface area contributed by atoms with Gasteiger partial charge in [0.2, 0.25) is 0 Å². The van der Waals surface area contributed by atoms with Gasteiger partial charge in [0.1, 0.15) is 0 Å². The Kier molecular flexibility index (Phi) is 7.09. The molecule has 0 spiro atoms. The topological polar surface area (TPSA) is 57.7 Å². The van der Waals surface area contributed by atoms with Crippen LogP contribution in [0.25, 0.3) is 11.1 Å². The molecular weight excluding hydrogens is 384 g/mol. The molecule has 0 aromatic heterocycles. The van der Waals surface area contributed by atoms with Gasteiger partial charge in [-0.1, -0.05) is 56.3 Å². The lowest BCUT2D eigenvalue weighted by Gasteiger charge is -2.31. The second-order valence-electron chi connectivity index (χ2n) is 7.53. The van der Waals surface area contributed by atoms with Crippen molar-refractivity contribution in [2.24, 2.45) is 0 Å². The Morgan fingerprint density at radius 1 is 0.931 bits per heavy atom. The standard InChI is InChI=1S/C23H30N2O3S/c1-3-24(4-2)15-16-25(22-14-17-29(27,28)18-22)23(26)21-12-10-20(11-13-21)19-8-6-5-7-9-19/h5-13,22H,3-4,14-18H2,1-2H3. The highest BCUT2D eigenvalue weighted by atomic mass is 32.2. The highest BCUT2D eigenvalue weighted by molar-refractivity contribution is 7.91. The molecule has 0 bridgehead atoms. The quantitative estimate of drug-likeness (QED) is 0.665. The Hall–Kier alpha value is -2.18. The molecule has 1 fully saturated rings. The van der Waals surface area contributed by atoms with Gasteiger partial charge in [-0.3, -0.25) is 4.79 Å². The van der Waals surface area contributed by atoms with E-state index in [-0.39, 0.29) is 23.5 Å². The fourth-order valence-electron chi connectivity index (χ4n) is 3.86. The van der Waals surface area contributed by atoms with Crippen LogP contribution in [-0.4, -0.2) is 67.9 Å². The number of likely N-dealkylation sites (N-methyl/N-ethyl adjacent to an activating group) is 1. The number of amides is 1. The molecule has 1 amide bonds. The Morgan fingerprint density at radius 3 is 2.10 bits per heavy atom. The van der Waals surface area contributed by atoms with Crippen molar-refractivity contribution in [2.45, 2.75) is 26.3 Å². The van der Waals surface area contributed by atoms with Crippen LogP contribution in [0.1, 0.15) is 30.6 Å². The number of sulfone groups is 1. The average Bonchev–Trinajstić information content (AvgIpc) is 3.11. The summed E-state index contributed by atoms with van der Waals surface area (Å²) in [4.78, 5) is 17.3. The van der Waals surface area contributed by atoms with E-state index in [4.69, 9.17) is 0 Å². The van der Waals surface area contributed by atoms with E-state index in [9.17, 15) is 13.2 Å². The van der Waals surface area contributed by atoms with Gasteiger partial charge in [-0.2, -0.15) is 0 Å². The minimum atomic E-state index is -3.06. The van der Waals surface area contributed by atoms with Crippen molar-refractivity contribution >= 4 is 15.7 Å². The molecule has 0 saturated carbocycles. The minimum absolute atomic E-state index is 0.0685. The van der Waals surface area contributed by atoms with Crippen LogP contribution in [-0.2, 0) is 9.84 Å². The fraction of sp³-hybridized carbons (Fsp3) is 0.435. The van der Waals surface area contributed by atoms with E-state index in [0.29, 0.717) is 18.5 Å². The van der Waals surface area contributed by atoms with Crippen LogP contribution in [0.3, 0.4) is 0 Å². The van der Waals surface area contributed by atoms with Crippen molar-refractivity contribution in [1.82, 2.24) is 9.80 Å². The van der Waals surface area contributed by atoms with Gasteiger partial charge in [0.15, 0.2) is 9.84 Å². The largest absolute Gasteiger partial charge is 0.333 e. The van der Waals surface area contributed by atoms with Gasteiger partial charge in [0.05, 0.1) is 11.5 Å². The maximum Gasteiger partial charge on any atom is 0.254 e. The lowest BCUT2D eigenvalue weighted by Crippen LogP contribution is -2.45. The highest BCUT2D eigenvalue weighted by Gasteiger charge is 2.35. The van der Waals surface area contributed by atoms with E-state index in [2.05, 4.69) is 18.7 Å². The van der Waals surface area contributed by atoms with Gasteiger partial charge in [-0.05, 0) is 42.8 Å². The summed E-state index contributed by atoms with van der Waals surface area (Å²) < 4.78 is 24.0. The number of nitrogens with zero attached hydrogens (tertiary/aromatic N) is 2. The van der Waals surface area contributed by atoms with Crippen molar-refractivity contribution in [2.75, 3.05) is 37.7 Å². The third-order valence-corrected chi connectivity index (χ3v) is 7.45. The van der Waals surface area contributed by atoms with E-state index in [0.717, 1.165) is 30.8 Å². The van der Waals surface area contributed by atoms with Crippen LogP contribution >= 0.6 is 0 Å². The second-order valence-corrected chi connectivity index (χ2v) is 9.75. The van der Waals surface area contributed by atoms with Crippen molar-refractivity contribution in [3.05, 3.63) is 60.2 Å². The van der Waals surface area contributed by atoms with Gasteiger partial charge < -0.3 is 9.80 Å². The highest BCUT2D eigenvalue weighted by Crippen LogP contribution is 2.23. The third kappa shape index (κ3) is 5.46. The smallest absolute Gasteiger partial charge is 0.254 e. The summed E-state index contributed by atoms with van der Waals surface area (Å²) >= 11 is 0. The number of hydrogen-bond donors (Lipinski definition) is 0. The Bertz CT molecular complexity index is 907. The van der Waals surface area contributed by atoms with Gasteiger partial charge in [0.25, 0.3) is 5.91 Å².